The maximum absolute atomic E-state index is 14.3. The summed E-state index contributed by atoms with van der Waals surface area (Å²) in [7, 11) is 0. The number of halogens is 1. The number of morpholine rings is 2. The van der Waals surface area contributed by atoms with Crippen molar-refractivity contribution in [1.82, 2.24) is 28.1 Å². The summed E-state index contributed by atoms with van der Waals surface area (Å²) < 4.78 is 36.9. The lowest BCUT2D eigenvalue weighted by molar-refractivity contribution is -0.143. The first-order chi connectivity index (χ1) is 22.3. The quantitative estimate of drug-likeness (QED) is 0.169. The Morgan fingerprint density at radius 3 is 2.72 bits per heavy atom. The van der Waals surface area contributed by atoms with Crippen LogP contribution in [0.4, 0.5) is 4.39 Å². The molecule has 0 saturated carbocycles. The van der Waals surface area contributed by atoms with Crippen LogP contribution in [0.5, 0.6) is 5.75 Å². The fourth-order valence-corrected chi connectivity index (χ4v) is 7.58. The second kappa shape index (κ2) is 14.6. The maximum Gasteiger partial charge on any atom is 0.302 e. The Morgan fingerprint density at radius 2 is 1.96 bits per heavy atom. The lowest BCUT2D eigenvalue weighted by Gasteiger charge is -2.35. The molecule has 2 atom stereocenters. The molecular weight excluding hydrogens is 632 g/mol. The van der Waals surface area contributed by atoms with E-state index in [1.54, 1.807) is 46.1 Å². The van der Waals surface area contributed by atoms with Gasteiger partial charge in [-0.1, -0.05) is 19.4 Å². The largest absolute Gasteiger partial charge is 0.486 e. The van der Waals surface area contributed by atoms with Crippen LogP contribution in [0.1, 0.15) is 44.1 Å². The molecule has 14 heteroatoms. The molecule has 0 bridgehead atoms. The molecule has 11 nitrogen and oxygen atoms in total. The van der Waals surface area contributed by atoms with Gasteiger partial charge in [0.05, 0.1) is 32.0 Å². The first kappa shape index (κ1) is 32.6. The number of fused-ring (bicyclic) bond motifs is 1. The minimum absolute atomic E-state index is 0.0368. The van der Waals surface area contributed by atoms with Crippen molar-refractivity contribution in [1.29, 1.82) is 0 Å². The molecule has 3 aromatic heterocycles. The third-order valence-corrected chi connectivity index (χ3v) is 10.1. The van der Waals surface area contributed by atoms with Crippen molar-refractivity contribution in [3.63, 3.8) is 0 Å². The van der Waals surface area contributed by atoms with Crippen LogP contribution in [0.2, 0.25) is 0 Å². The molecule has 0 radical (unpaired) electrons. The zero-order chi connectivity index (χ0) is 32.2. The summed E-state index contributed by atoms with van der Waals surface area (Å²) >= 11 is 2.96. The number of nitrogens with zero attached hydrogens (tertiary/aromatic N) is 6. The Bertz CT molecular complexity index is 1730. The molecule has 1 amide bonds. The van der Waals surface area contributed by atoms with Gasteiger partial charge in [-0.3, -0.25) is 9.59 Å². The number of benzene rings is 1. The standard InChI is InChI=1S/C32H39FN6O5S2/c1-4-5-12-43-29-28(35-32-36(8-9-39(32)31(29)41)20-27(40)37-18-21(2)44-22(3)19-37)30-34-17-25(45-30)15-23-6-7-24(33)16-26(23)46-38-10-13-42-14-11-38/h6-9,16-17,21-22H,4-5,10-15,18-20H2,1-3H3/t21-,22-/m0/s1. The van der Waals surface area contributed by atoms with Crippen LogP contribution in [0, 0.1) is 5.82 Å². The van der Waals surface area contributed by atoms with Crippen molar-refractivity contribution in [3.05, 3.63) is 63.4 Å². The number of rotatable bonds is 11. The zero-order valence-electron chi connectivity index (χ0n) is 26.3. The summed E-state index contributed by atoms with van der Waals surface area (Å²) in [6.45, 7) is 10.2. The number of carbonyl (C=O) groups is 1. The van der Waals surface area contributed by atoms with E-state index >= 15 is 0 Å². The Labute approximate surface area is 275 Å². The van der Waals surface area contributed by atoms with Crippen molar-refractivity contribution < 1.29 is 23.4 Å². The van der Waals surface area contributed by atoms with Gasteiger partial charge in [0.2, 0.25) is 17.4 Å². The predicted octanol–water partition coefficient (Wildman–Crippen LogP) is 4.50. The van der Waals surface area contributed by atoms with E-state index in [2.05, 4.69) is 16.2 Å². The van der Waals surface area contributed by atoms with E-state index in [1.165, 1.54) is 21.8 Å². The van der Waals surface area contributed by atoms with Crippen LogP contribution in [-0.4, -0.2) is 92.3 Å². The van der Waals surface area contributed by atoms with Gasteiger partial charge in [-0.05, 0) is 49.9 Å². The normalized spacial score (nSPS) is 19.2. The summed E-state index contributed by atoms with van der Waals surface area (Å²) in [5, 5.41) is 0.542. The van der Waals surface area contributed by atoms with Crippen LogP contribution in [-0.2, 0) is 27.2 Å². The topological polar surface area (TPSA) is 103 Å². The van der Waals surface area contributed by atoms with Crippen molar-refractivity contribution in [2.45, 2.75) is 63.7 Å². The molecule has 2 aliphatic heterocycles. The number of thiazole rings is 1. The number of imidazole rings is 1. The highest BCUT2D eigenvalue weighted by atomic mass is 32.2. The summed E-state index contributed by atoms with van der Waals surface area (Å²) in [4.78, 5) is 40.2. The maximum atomic E-state index is 14.3. The van der Waals surface area contributed by atoms with Gasteiger partial charge >= 0.3 is 5.56 Å². The van der Waals surface area contributed by atoms with Gasteiger partial charge in [-0.25, -0.2) is 23.1 Å². The van der Waals surface area contributed by atoms with Gasteiger partial charge in [-0.2, -0.15) is 0 Å². The Morgan fingerprint density at radius 1 is 1.17 bits per heavy atom. The highest BCUT2D eigenvalue weighted by molar-refractivity contribution is 7.97. The lowest BCUT2D eigenvalue weighted by Crippen LogP contribution is -2.49. The number of unbranched alkanes of at least 4 members (excludes halogenated alkanes) is 1. The summed E-state index contributed by atoms with van der Waals surface area (Å²) in [5.41, 5.74) is 0.978. The fraction of sp³-hybridized carbons (Fsp3) is 0.500. The molecule has 0 spiro atoms. The Hall–Kier alpha value is -3.30. The third kappa shape index (κ3) is 7.46. The second-order valence-electron chi connectivity index (χ2n) is 11.6. The molecule has 1 aromatic carbocycles. The molecule has 0 N–H and O–H groups in total. The van der Waals surface area contributed by atoms with Crippen molar-refractivity contribution in [2.75, 3.05) is 46.0 Å². The van der Waals surface area contributed by atoms with Gasteiger partial charge in [0.25, 0.3) is 0 Å². The first-order valence-electron chi connectivity index (χ1n) is 15.7. The fourth-order valence-electron chi connectivity index (χ4n) is 5.62. The molecule has 0 unspecified atom stereocenters. The van der Waals surface area contributed by atoms with Crippen LogP contribution < -0.4 is 10.3 Å². The van der Waals surface area contributed by atoms with Gasteiger partial charge in [-0.15, -0.1) is 11.3 Å². The van der Waals surface area contributed by atoms with Gasteiger partial charge in [0.15, 0.2) is 5.69 Å². The van der Waals surface area contributed by atoms with Crippen LogP contribution in [0.15, 0.2) is 46.5 Å². The number of aromatic nitrogens is 4. The average molecular weight is 671 g/mol. The number of carbonyl (C=O) groups excluding carboxylic acids is 1. The SMILES string of the molecule is CCCCOc1c(-c2ncc(Cc3ccc(F)cc3SN3CCOCC3)s2)nc2n(CC(=O)N3C[C@H](C)O[C@@H](C)C3)ccn2c1=O. The van der Waals surface area contributed by atoms with Gasteiger partial charge < -0.3 is 23.7 Å². The number of amides is 1. The molecule has 0 aliphatic carbocycles. The van der Waals surface area contributed by atoms with E-state index in [0.29, 0.717) is 55.8 Å². The Kier molecular flexibility index (Phi) is 10.4. The van der Waals surface area contributed by atoms with E-state index in [-0.39, 0.29) is 41.8 Å². The van der Waals surface area contributed by atoms with E-state index in [9.17, 15) is 14.0 Å². The molecule has 46 heavy (non-hydrogen) atoms. The van der Waals surface area contributed by atoms with Crippen LogP contribution >= 0.6 is 23.3 Å². The van der Waals surface area contributed by atoms with E-state index < -0.39 is 0 Å². The molecule has 246 valence electrons. The third-order valence-electron chi connectivity index (χ3n) is 7.88. The molecule has 6 rings (SSSR count). The zero-order valence-corrected chi connectivity index (χ0v) is 27.9. The average Bonchev–Trinajstić information content (AvgIpc) is 3.67. The van der Waals surface area contributed by atoms with Gasteiger partial charge in [0, 0.05) is 61.0 Å². The highest BCUT2D eigenvalue weighted by Gasteiger charge is 2.27. The summed E-state index contributed by atoms with van der Waals surface area (Å²) in [6, 6.07) is 4.86. The summed E-state index contributed by atoms with van der Waals surface area (Å²) in [6.07, 6.45) is 7.23. The van der Waals surface area contributed by atoms with E-state index in [0.717, 1.165) is 41.3 Å². The number of hydrogen-bond donors (Lipinski definition) is 0. The Balaban J connectivity index is 1.30. The molecule has 2 fully saturated rings. The van der Waals surface area contributed by atoms with E-state index in [1.807, 2.05) is 19.9 Å². The molecule has 2 aliphatic rings. The lowest BCUT2D eigenvalue weighted by atomic mass is 10.1. The van der Waals surface area contributed by atoms with Crippen LogP contribution in [0.3, 0.4) is 0 Å². The monoisotopic (exact) mass is 670 g/mol. The van der Waals surface area contributed by atoms with Crippen LogP contribution in [0.25, 0.3) is 16.5 Å². The number of hydrogen-bond acceptors (Lipinski definition) is 10. The molecule has 2 saturated heterocycles. The summed E-state index contributed by atoms with van der Waals surface area (Å²) in [5.74, 6) is 0.123. The smallest absolute Gasteiger partial charge is 0.302 e. The minimum atomic E-state index is -0.351. The second-order valence-corrected chi connectivity index (χ2v) is 13.9. The molecule has 4 aromatic rings. The van der Waals surface area contributed by atoms with Crippen molar-refractivity contribution in [2.24, 2.45) is 0 Å². The van der Waals surface area contributed by atoms with Crippen molar-refractivity contribution in [3.8, 4) is 16.5 Å². The number of ether oxygens (including phenoxy) is 3. The highest BCUT2D eigenvalue weighted by Crippen LogP contribution is 2.34. The van der Waals surface area contributed by atoms with Crippen molar-refractivity contribution >= 4 is 35.0 Å². The predicted molar refractivity (Wildman–Crippen MR) is 175 cm³/mol. The molecular formula is C32H39FN6O5S2. The van der Waals surface area contributed by atoms with E-state index in [4.69, 9.17) is 19.2 Å². The van der Waals surface area contributed by atoms with Gasteiger partial charge in [0.1, 0.15) is 17.4 Å². The first-order valence-corrected chi connectivity index (χ1v) is 17.3. The minimum Gasteiger partial charge on any atom is -0.486 e. The molecule has 5 heterocycles.